The molecule has 1 heterocycles. The Morgan fingerprint density at radius 2 is 1.97 bits per heavy atom. The number of rotatable bonds is 9. The molecule has 0 saturated carbocycles. The minimum Gasteiger partial charge on any atom is -0.385 e. The number of ether oxygens (including phenoxy) is 1. The molecule has 3 aromatic rings. The summed E-state index contributed by atoms with van der Waals surface area (Å²) in [5.74, 6) is 0.0890. The van der Waals surface area contributed by atoms with Crippen molar-refractivity contribution in [3.8, 4) is 0 Å². The molecular weight excluding hydrogens is 410 g/mol. The summed E-state index contributed by atoms with van der Waals surface area (Å²) in [6.07, 6.45) is 0.694. The first kappa shape index (κ1) is 23.0. The van der Waals surface area contributed by atoms with Gasteiger partial charge in [-0.15, -0.1) is 0 Å². The summed E-state index contributed by atoms with van der Waals surface area (Å²) in [7, 11) is 1.64. The quantitative estimate of drug-likeness (QED) is 0.310. The average molecular weight is 440 g/mol. The van der Waals surface area contributed by atoms with Gasteiger partial charge >= 0.3 is 0 Å². The molecule has 0 fully saturated rings. The lowest BCUT2D eigenvalue weighted by Gasteiger charge is -2.16. The summed E-state index contributed by atoms with van der Waals surface area (Å²) in [5.41, 5.74) is 4.05. The van der Waals surface area contributed by atoms with Gasteiger partial charge in [0.15, 0.2) is 5.16 Å². The second-order valence-electron chi connectivity index (χ2n) is 7.64. The molecule has 164 valence electrons. The van der Waals surface area contributed by atoms with Gasteiger partial charge in [0.25, 0.3) is 5.56 Å². The molecule has 1 aromatic heterocycles. The molecule has 1 amide bonds. The number of methoxy groups -OCH3 is 1. The van der Waals surface area contributed by atoms with Crippen LogP contribution in [0.3, 0.4) is 0 Å². The van der Waals surface area contributed by atoms with E-state index in [2.05, 4.69) is 36.3 Å². The summed E-state index contributed by atoms with van der Waals surface area (Å²) >= 11 is 1.28. The topological polar surface area (TPSA) is 73.2 Å². The average Bonchev–Trinajstić information content (AvgIpc) is 2.76. The summed E-state index contributed by atoms with van der Waals surface area (Å²) in [4.78, 5) is 30.2. The van der Waals surface area contributed by atoms with Gasteiger partial charge in [0, 0.05) is 20.3 Å². The maximum Gasteiger partial charge on any atom is 0.262 e. The molecule has 31 heavy (non-hydrogen) atoms. The number of carbonyl (C=O) groups is 1. The highest BCUT2D eigenvalue weighted by molar-refractivity contribution is 7.99. The van der Waals surface area contributed by atoms with Crippen LogP contribution in [0.2, 0.25) is 0 Å². The van der Waals surface area contributed by atoms with E-state index in [9.17, 15) is 9.59 Å². The Kier molecular flexibility index (Phi) is 7.87. The number of thioether (sulfide) groups is 1. The van der Waals surface area contributed by atoms with Crippen molar-refractivity contribution >= 4 is 28.6 Å². The number of fused-ring (bicyclic) bond motifs is 1. The van der Waals surface area contributed by atoms with Crippen LogP contribution in [0.5, 0.6) is 0 Å². The molecule has 2 aromatic carbocycles. The molecule has 0 saturated heterocycles. The summed E-state index contributed by atoms with van der Waals surface area (Å²) in [6, 6.07) is 13.4. The zero-order valence-electron chi connectivity index (χ0n) is 18.5. The third kappa shape index (κ3) is 5.74. The van der Waals surface area contributed by atoms with Gasteiger partial charge in [0.1, 0.15) is 0 Å². The molecule has 0 aliphatic carbocycles. The Labute approximate surface area is 187 Å². The molecule has 3 rings (SSSR count). The Morgan fingerprint density at radius 1 is 1.19 bits per heavy atom. The fourth-order valence-corrected chi connectivity index (χ4v) is 4.19. The van der Waals surface area contributed by atoms with Crippen LogP contribution in [-0.2, 0) is 16.1 Å². The van der Waals surface area contributed by atoms with Crippen LogP contribution in [0, 0.1) is 13.8 Å². The van der Waals surface area contributed by atoms with Gasteiger partial charge in [-0.2, -0.15) is 0 Å². The van der Waals surface area contributed by atoms with Gasteiger partial charge < -0.3 is 10.1 Å². The van der Waals surface area contributed by atoms with E-state index in [0.29, 0.717) is 35.6 Å². The highest BCUT2D eigenvalue weighted by atomic mass is 32.2. The van der Waals surface area contributed by atoms with Gasteiger partial charge in [-0.1, -0.05) is 42.1 Å². The maximum absolute atomic E-state index is 13.0. The second-order valence-corrected chi connectivity index (χ2v) is 8.58. The third-order valence-electron chi connectivity index (χ3n) is 5.30. The van der Waals surface area contributed by atoms with Crippen molar-refractivity contribution in [3.05, 3.63) is 69.5 Å². The Balaban J connectivity index is 1.74. The monoisotopic (exact) mass is 439 g/mol. The molecule has 0 bridgehead atoms. The van der Waals surface area contributed by atoms with Gasteiger partial charge in [0.2, 0.25) is 5.91 Å². The molecule has 0 aliphatic heterocycles. The van der Waals surface area contributed by atoms with Crippen LogP contribution >= 0.6 is 11.8 Å². The van der Waals surface area contributed by atoms with E-state index in [0.717, 1.165) is 5.56 Å². The number of amides is 1. The number of para-hydroxylation sites is 1. The van der Waals surface area contributed by atoms with E-state index in [4.69, 9.17) is 4.74 Å². The highest BCUT2D eigenvalue weighted by Crippen LogP contribution is 2.20. The Bertz CT molecular complexity index is 1130. The molecule has 1 unspecified atom stereocenters. The lowest BCUT2D eigenvalue weighted by molar-refractivity contribution is -0.119. The van der Waals surface area contributed by atoms with Gasteiger partial charge in [0.05, 0.1) is 22.7 Å². The van der Waals surface area contributed by atoms with Crippen molar-refractivity contribution < 1.29 is 9.53 Å². The van der Waals surface area contributed by atoms with Crippen molar-refractivity contribution in [1.29, 1.82) is 0 Å². The molecular formula is C24H29N3O3S. The van der Waals surface area contributed by atoms with E-state index < -0.39 is 0 Å². The summed E-state index contributed by atoms with van der Waals surface area (Å²) < 4.78 is 6.77. The zero-order valence-corrected chi connectivity index (χ0v) is 19.3. The highest BCUT2D eigenvalue weighted by Gasteiger charge is 2.15. The normalized spacial score (nSPS) is 12.1. The lowest BCUT2D eigenvalue weighted by Crippen LogP contribution is -2.29. The molecule has 0 radical (unpaired) electrons. The molecule has 0 spiro atoms. The first-order chi connectivity index (χ1) is 14.9. The van der Waals surface area contributed by atoms with Crippen molar-refractivity contribution in [2.24, 2.45) is 0 Å². The third-order valence-corrected chi connectivity index (χ3v) is 6.27. The van der Waals surface area contributed by atoms with Gasteiger partial charge in [-0.05, 0) is 56.0 Å². The van der Waals surface area contributed by atoms with Crippen LogP contribution < -0.4 is 10.9 Å². The molecule has 6 nitrogen and oxygen atoms in total. The number of aromatic nitrogens is 2. The summed E-state index contributed by atoms with van der Waals surface area (Å²) in [5, 5.41) is 4.17. The van der Waals surface area contributed by atoms with Crippen molar-refractivity contribution in [2.45, 2.75) is 44.9 Å². The van der Waals surface area contributed by atoms with Crippen molar-refractivity contribution in [1.82, 2.24) is 14.9 Å². The van der Waals surface area contributed by atoms with Crippen molar-refractivity contribution in [3.63, 3.8) is 0 Å². The first-order valence-electron chi connectivity index (χ1n) is 10.4. The molecule has 1 atom stereocenters. The van der Waals surface area contributed by atoms with Crippen LogP contribution in [0.15, 0.2) is 52.4 Å². The van der Waals surface area contributed by atoms with E-state index in [1.165, 1.54) is 22.9 Å². The minimum absolute atomic E-state index is 0.0897. The largest absolute Gasteiger partial charge is 0.385 e. The van der Waals surface area contributed by atoms with E-state index in [1.54, 1.807) is 17.7 Å². The second kappa shape index (κ2) is 10.6. The van der Waals surface area contributed by atoms with Crippen LogP contribution in [-0.4, -0.2) is 34.9 Å². The van der Waals surface area contributed by atoms with Gasteiger partial charge in [-0.25, -0.2) is 4.98 Å². The number of hydrogen-bond acceptors (Lipinski definition) is 5. The number of nitrogens with one attached hydrogen (secondary N) is 1. The Morgan fingerprint density at radius 3 is 2.71 bits per heavy atom. The fraction of sp³-hybridized carbons (Fsp3) is 0.375. The molecule has 7 heteroatoms. The number of carbonyl (C=O) groups excluding carboxylic acids is 1. The van der Waals surface area contributed by atoms with Crippen LogP contribution in [0.25, 0.3) is 10.9 Å². The zero-order chi connectivity index (χ0) is 22.4. The van der Waals surface area contributed by atoms with E-state index >= 15 is 0 Å². The first-order valence-corrected chi connectivity index (χ1v) is 11.4. The van der Waals surface area contributed by atoms with Crippen molar-refractivity contribution in [2.75, 3.05) is 19.5 Å². The summed E-state index contributed by atoms with van der Waals surface area (Å²) in [6.45, 7) is 7.16. The lowest BCUT2D eigenvalue weighted by atomic mass is 10.0. The molecule has 1 N–H and O–H groups in total. The standard InChI is InChI=1S/C24H29N3O3S/c1-16-10-11-19(14-17(16)2)18(3)25-22(28)15-31-24-26-21-9-6-5-8-20(21)23(29)27(24)12-7-13-30-4/h5-6,8-11,14,18H,7,12-13,15H2,1-4H3,(H,25,28). The Hall–Kier alpha value is -2.64. The smallest absolute Gasteiger partial charge is 0.262 e. The number of benzene rings is 2. The van der Waals surface area contributed by atoms with E-state index in [-0.39, 0.29) is 23.3 Å². The predicted molar refractivity (Wildman–Crippen MR) is 126 cm³/mol. The number of aryl methyl sites for hydroxylation is 2. The maximum atomic E-state index is 13.0. The van der Waals surface area contributed by atoms with Gasteiger partial charge in [-0.3, -0.25) is 14.2 Å². The number of hydrogen-bond donors (Lipinski definition) is 1. The SMILES string of the molecule is COCCCn1c(SCC(=O)NC(C)c2ccc(C)c(C)c2)nc2ccccc2c1=O. The molecule has 0 aliphatic rings. The fourth-order valence-electron chi connectivity index (χ4n) is 3.35. The number of nitrogens with zero attached hydrogens (tertiary/aromatic N) is 2. The van der Waals surface area contributed by atoms with Crippen LogP contribution in [0.4, 0.5) is 0 Å². The van der Waals surface area contributed by atoms with E-state index in [1.807, 2.05) is 31.2 Å². The van der Waals surface area contributed by atoms with Crippen LogP contribution in [0.1, 0.15) is 36.1 Å². The minimum atomic E-state index is -0.0964. The predicted octanol–water partition coefficient (Wildman–Crippen LogP) is 4.02.